The molecule has 0 aliphatic rings. The predicted octanol–water partition coefficient (Wildman–Crippen LogP) is 0.461. The standard InChI is InChI=1S/C11H24N2O2/c1-6-12-7-9(2)10(14)13(5)8-11(3,4)15/h9,12,15H,6-8H2,1-5H3. The fraction of sp³-hybridized carbons (Fsp3) is 0.909. The van der Waals surface area contributed by atoms with Crippen molar-refractivity contribution in [3.05, 3.63) is 0 Å². The van der Waals surface area contributed by atoms with Gasteiger partial charge in [0.1, 0.15) is 0 Å². The van der Waals surface area contributed by atoms with Crippen molar-refractivity contribution in [2.45, 2.75) is 33.3 Å². The van der Waals surface area contributed by atoms with Crippen LogP contribution in [0.15, 0.2) is 0 Å². The van der Waals surface area contributed by atoms with Gasteiger partial charge in [0.2, 0.25) is 5.91 Å². The summed E-state index contributed by atoms with van der Waals surface area (Å²) in [4.78, 5) is 13.4. The molecule has 0 heterocycles. The Morgan fingerprint density at radius 2 is 2.07 bits per heavy atom. The summed E-state index contributed by atoms with van der Waals surface area (Å²) in [5.41, 5.74) is -0.831. The summed E-state index contributed by atoms with van der Waals surface area (Å²) >= 11 is 0. The third-order valence-corrected chi connectivity index (χ3v) is 2.12. The molecule has 0 saturated heterocycles. The summed E-state index contributed by atoms with van der Waals surface area (Å²) in [6.07, 6.45) is 0. The molecule has 0 aromatic rings. The zero-order valence-corrected chi connectivity index (χ0v) is 10.5. The minimum absolute atomic E-state index is 0.0442. The zero-order valence-electron chi connectivity index (χ0n) is 10.5. The largest absolute Gasteiger partial charge is 0.389 e. The molecule has 0 aliphatic carbocycles. The lowest BCUT2D eigenvalue weighted by Crippen LogP contribution is -2.43. The summed E-state index contributed by atoms with van der Waals surface area (Å²) in [7, 11) is 1.72. The van der Waals surface area contributed by atoms with Crippen LogP contribution in [0.2, 0.25) is 0 Å². The topological polar surface area (TPSA) is 52.6 Å². The van der Waals surface area contributed by atoms with E-state index in [1.54, 1.807) is 25.8 Å². The van der Waals surface area contributed by atoms with E-state index in [0.29, 0.717) is 13.1 Å². The van der Waals surface area contributed by atoms with Gasteiger partial charge in [-0.25, -0.2) is 0 Å². The van der Waals surface area contributed by atoms with Gasteiger partial charge in [-0.2, -0.15) is 0 Å². The number of carbonyl (C=O) groups excluding carboxylic acids is 1. The summed E-state index contributed by atoms with van der Waals surface area (Å²) in [5, 5.41) is 12.7. The first-order valence-electron chi connectivity index (χ1n) is 5.46. The van der Waals surface area contributed by atoms with Crippen molar-refractivity contribution in [2.24, 2.45) is 5.92 Å². The molecule has 0 aromatic heterocycles. The summed E-state index contributed by atoms with van der Waals surface area (Å²) in [6.45, 7) is 9.22. The van der Waals surface area contributed by atoms with Crippen molar-refractivity contribution in [3.63, 3.8) is 0 Å². The minimum atomic E-state index is -0.831. The van der Waals surface area contributed by atoms with Gasteiger partial charge in [-0.05, 0) is 20.4 Å². The average Bonchev–Trinajstić information content (AvgIpc) is 2.10. The van der Waals surface area contributed by atoms with Gasteiger partial charge in [0.15, 0.2) is 0 Å². The van der Waals surface area contributed by atoms with E-state index < -0.39 is 5.60 Å². The van der Waals surface area contributed by atoms with Crippen LogP contribution in [0.3, 0.4) is 0 Å². The van der Waals surface area contributed by atoms with E-state index in [4.69, 9.17) is 0 Å². The van der Waals surface area contributed by atoms with E-state index in [2.05, 4.69) is 5.32 Å². The number of likely N-dealkylation sites (N-methyl/N-ethyl adjacent to an activating group) is 1. The molecule has 0 radical (unpaired) electrons. The molecule has 1 amide bonds. The molecule has 0 aliphatic heterocycles. The van der Waals surface area contributed by atoms with Crippen molar-refractivity contribution in [2.75, 3.05) is 26.7 Å². The van der Waals surface area contributed by atoms with Crippen LogP contribution in [-0.2, 0) is 4.79 Å². The Kier molecular flexibility index (Phi) is 5.83. The number of aliphatic hydroxyl groups is 1. The molecule has 0 bridgehead atoms. The average molecular weight is 216 g/mol. The van der Waals surface area contributed by atoms with E-state index in [0.717, 1.165) is 6.54 Å². The van der Waals surface area contributed by atoms with E-state index in [1.807, 2.05) is 13.8 Å². The number of amides is 1. The second kappa shape index (κ2) is 6.08. The lowest BCUT2D eigenvalue weighted by atomic mass is 10.1. The fourth-order valence-electron chi connectivity index (χ4n) is 1.48. The van der Waals surface area contributed by atoms with E-state index in [-0.39, 0.29) is 11.8 Å². The van der Waals surface area contributed by atoms with Gasteiger partial charge in [0, 0.05) is 26.1 Å². The van der Waals surface area contributed by atoms with Gasteiger partial charge in [0.05, 0.1) is 5.60 Å². The zero-order chi connectivity index (χ0) is 12.1. The molecule has 4 nitrogen and oxygen atoms in total. The predicted molar refractivity (Wildman–Crippen MR) is 61.6 cm³/mol. The maximum Gasteiger partial charge on any atom is 0.226 e. The molecule has 90 valence electrons. The molecule has 2 N–H and O–H groups in total. The first-order valence-corrected chi connectivity index (χ1v) is 5.46. The summed E-state index contributed by atoms with van der Waals surface area (Å²) < 4.78 is 0. The van der Waals surface area contributed by atoms with Gasteiger partial charge in [0.25, 0.3) is 0 Å². The Labute approximate surface area is 92.7 Å². The highest BCUT2D eigenvalue weighted by atomic mass is 16.3. The Morgan fingerprint density at radius 1 is 1.53 bits per heavy atom. The quantitative estimate of drug-likeness (QED) is 0.678. The van der Waals surface area contributed by atoms with Crippen LogP contribution in [0.4, 0.5) is 0 Å². The number of nitrogens with one attached hydrogen (secondary N) is 1. The Morgan fingerprint density at radius 3 is 2.47 bits per heavy atom. The fourth-order valence-corrected chi connectivity index (χ4v) is 1.48. The first kappa shape index (κ1) is 14.4. The van der Waals surface area contributed by atoms with Crippen LogP contribution in [0, 0.1) is 5.92 Å². The number of carbonyl (C=O) groups is 1. The lowest BCUT2D eigenvalue weighted by molar-refractivity contribution is -0.136. The highest BCUT2D eigenvalue weighted by Gasteiger charge is 2.22. The molecule has 1 atom stereocenters. The normalized spacial score (nSPS) is 13.7. The van der Waals surface area contributed by atoms with Crippen molar-refractivity contribution in [1.82, 2.24) is 10.2 Å². The number of rotatable bonds is 6. The summed E-state index contributed by atoms with van der Waals surface area (Å²) in [6, 6.07) is 0. The molecule has 15 heavy (non-hydrogen) atoms. The monoisotopic (exact) mass is 216 g/mol. The third kappa shape index (κ3) is 6.47. The Bertz CT molecular complexity index is 199. The molecule has 1 unspecified atom stereocenters. The van der Waals surface area contributed by atoms with Gasteiger partial charge >= 0.3 is 0 Å². The molecule has 4 heteroatoms. The molecule has 0 spiro atoms. The molecular weight excluding hydrogens is 192 g/mol. The first-order chi connectivity index (χ1) is 6.78. The Balaban J connectivity index is 4.08. The molecule has 0 fully saturated rings. The lowest BCUT2D eigenvalue weighted by Gasteiger charge is -2.27. The van der Waals surface area contributed by atoms with E-state index in [1.165, 1.54) is 0 Å². The van der Waals surface area contributed by atoms with Crippen LogP contribution < -0.4 is 5.32 Å². The van der Waals surface area contributed by atoms with Crippen LogP contribution >= 0.6 is 0 Å². The smallest absolute Gasteiger partial charge is 0.226 e. The SMILES string of the molecule is CCNCC(C)C(=O)N(C)CC(C)(C)O. The van der Waals surface area contributed by atoms with Gasteiger partial charge in [-0.3, -0.25) is 4.79 Å². The van der Waals surface area contributed by atoms with Gasteiger partial charge in [-0.15, -0.1) is 0 Å². The maximum absolute atomic E-state index is 11.8. The van der Waals surface area contributed by atoms with E-state index >= 15 is 0 Å². The highest BCUT2D eigenvalue weighted by Crippen LogP contribution is 2.06. The second-order valence-corrected chi connectivity index (χ2v) is 4.72. The maximum atomic E-state index is 11.8. The van der Waals surface area contributed by atoms with Crippen molar-refractivity contribution in [1.29, 1.82) is 0 Å². The van der Waals surface area contributed by atoms with Crippen molar-refractivity contribution < 1.29 is 9.90 Å². The molecule has 0 saturated carbocycles. The van der Waals surface area contributed by atoms with Crippen molar-refractivity contribution in [3.8, 4) is 0 Å². The number of hydrogen-bond acceptors (Lipinski definition) is 3. The highest BCUT2D eigenvalue weighted by molar-refractivity contribution is 5.78. The van der Waals surface area contributed by atoms with Crippen LogP contribution in [0.25, 0.3) is 0 Å². The van der Waals surface area contributed by atoms with Gasteiger partial charge < -0.3 is 15.3 Å². The van der Waals surface area contributed by atoms with Crippen LogP contribution in [-0.4, -0.2) is 48.2 Å². The Hall–Kier alpha value is -0.610. The summed E-state index contributed by atoms with van der Waals surface area (Å²) in [5.74, 6) is 0.0235. The molecule has 0 rings (SSSR count). The third-order valence-electron chi connectivity index (χ3n) is 2.12. The molecular formula is C11H24N2O2. The van der Waals surface area contributed by atoms with Gasteiger partial charge in [-0.1, -0.05) is 13.8 Å². The van der Waals surface area contributed by atoms with Crippen LogP contribution in [0.5, 0.6) is 0 Å². The second-order valence-electron chi connectivity index (χ2n) is 4.72. The number of hydrogen-bond donors (Lipinski definition) is 2. The number of nitrogens with zero attached hydrogens (tertiary/aromatic N) is 1. The van der Waals surface area contributed by atoms with Crippen LogP contribution in [0.1, 0.15) is 27.7 Å². The van der Waals surface area contributed by atoms with Crippen molar-refractivity contribution >= 4 is 5.91 Å². The molecule has 0 aromatic carbocycles. The van der Waals surface area contributed by atoms with E-state index in [9.17, 15) is 9.90 Å². The minimum Gasteiger partial charge on any atom is -0.389 e.